The van der Waals surface area contributed by atoms with Gasteiger partial charge in [0.05, 0.1) is 11.9 Å². The van der Waals surface area contributed by atoms with Gasteiger partial charge in [-0.2, -0.15) is 0 Å². The Hall–Kier alpha value is -4.17. The molecule has 4 rings (SSSR count). The molecule has 0 aliphatic carbocycles. The smallest absolute Gasteiger partial charge is 0.247 e. The predicted octanol–water partition coefficient (Wildman–Crippen LogP) is 5.26. The Balaban J connectivity index is 1.45. The number of carbonyl (C=O) groups is 1. The van der Waals surface area contributed by atoms with Gasteiger partial charge in [-0.1, -0.05) is 30.3 Å². The maximum atomic E-state index is 13.0. The molecule has 36 heavy (non-hydrogen) atoms. The highest BCUT2D eigenvalue weighted by Crippen LogP contribution is 2.27. The molecule has 1 N–H and O–H groups in total. The molecule has 3 aromatic carbocycles. The van der Waals surface area contributed by atoms with Crippen LogP contribution in [0.25, 0.3) is 0 Å². The average Bonchev–Trinajstić information content (AvgIpc) is 2.87. The van der Waals surface area contributed by atoms with E-state index in [9.17, 15) is 13.2 Å². The third kappa shape index (κ3) is 6.49. The van der Waals surface area contributed by atoms with Gasteiger partial charge in [-0.25, -0.2) is 8.42 Å². The van der Waals surface area contributed by atoms with Gasteiger partial charge in [0.15, 0.2) is 0 Å². The van der Waals surface area contributed by atoms with Gasteiger partial charge in [0.25, 0.3) is 0 Å². The van der Waals surface area contributed by atoms with Gasteiger partial charge in [0.2, 0.25) is 15.9 Å². The highest BCUT2D eigenvalue weighted by molar-refractivity contribution is 7.92. The second kappa shape index (κ2) is 11.0. The molecule has 0 spiro atoms. The SMILES string of the molecule is C[C@@H](C(=O)Nc1ccc(Cc2ccncc2)cc1)N(c1ccc(Oc2ccccc2)cc1)S(C)(=O)=O. The number of benzene rings is 3. The summed E-state index contributed by atoms with van der Waals surface area (Å²) >= 11 is 0. The average molecular weight is 502 g/mol. The normalized spacial score (nSPS) is 11.9. The first kappa shape index (κ1) is 24.9. The Morgan fingerprint density at radius 1 is 0.861 bits per heavy atom. The van der Waals surface area contributed by atoms with E-state index in [1.54, 1.807) is 43.6 Å². The lowest BCUT2D eigenvalue weighted by atomic mass is 10.1. The summed E-state index contributed by atoms with van der Waals surface area (Å²) < 4.78 is 32.2. The number of anilines is 2. The van der Waals surface area contributed by atoms with E-state index < -0.39 is 22.0 Å². The number of amides is 1. The number of aromatic nitrogens is 1. The van der Waals surface area contributed by atoms with Gasteiger partial charge in [-0.3, -0.25) is 14.1 Å². The van der Waals surface area contributed by atoms with Crippen molar-refractivity contribution in [3.05, 3.63) is 115 Å². The molecule has 0 saturated heterocycles. The van der Waals surface area contributed by atoms with Crippen LogP contribution in [0.2, 0.25) is 0 Å². The zero-order valence-corrected chi connectivity index (χ0v) is 20.9. The number of nitrogens with zero attached hydrogens (tertiary/aromatic N) is 2. The fraction of sp³-hybridized carbons (Fsp3) is 0.143. The fourth-order valence-electron chi connectivity index (χ4n) is 3.78. The predicted molar refractivity (Wildman–Crippen MR) is 142 cm³/mol. The van der Waals surface area contributed by atoms with Gasteiger partial charge >= 0.3 is 0 Å². The molecule has 8 heteroatoms. The molecule has 0 radical (unpaired) electrons. The van der Waals surface area contributed by atoms with Crippen molar-refractivity contribution in [2.45, 2.75) is 19.4 Å². The first-order chi connectivity index (χ1) is 17.3. The van der Waals surface area contributed by atoms with Crippen molar-refractivity contribution in [1.29, 1.82) is 0 Å². The lowest BCUT2D eigenvalue weighted by Crippen LogP contribution is -2.45. The number of hydrogen-bond donors (Lipinski definition) is 1. The van der Waals surface area contributed by atoms with Crippen LogP contribution < -0.4 is 14.4 Å². The number of ether oxygens (including phenoxy) is 1. The highest BCUT2D eigenvalue weighted by atomic mass is 32.2. The van der Waals surface area contributed by atoms with Crippen LogP contribution in [0.1, 0.15) is 18.1 Å². The second-order valence-electron chi connectivity index (χ2n) is 8.36. The molecular weight excluding hydrogens is 474 g/mol. The van der Waals surface area contributed by atoms with Crippen molar-refractivity contribution in [2.24, 2.45) is 0 Å². The lowest BCUT2D eigenvalue weighted by molar-refractivity contribution is -0.116. The van der Waals surface area contributed by atoms with Gasteiger partial charge in [-0.15, -0.1) is 0 Å². The molecule has 1 aromatic heterocycles. The molecule has 4 aromatic rings. The van der Waals surface area contributed by atoms with Crippen LogP contribution in [0.15, 0.2) is 103 Å². The van der Waals surface area contributed by atoms with Crippen LogP contribution in [-0.4, -0.2) is 31.6 Å². The van der Waals surface area contributed by atoms with Gasteiger partial charge in [-0.05, 0) is 85.1 Å². The second-order valence-corrected chi connectivity index (χ2v) is 10.2. The first-order valence-electron chi connectivity index (χ1n) is 11.4. The molecule has 0 fully saturated rings. The van der Waals surface area contributed by atoms with E-state index >= 15 is 0 Å². The molecule has 0 bridgehead atoms. The number of hydrogen-bond acceptors (Lipinski definition) is 5. The Morgan fingerprint density at radius 2 is 1.44 bits per heavy atom. The Morgan fingerprint density at radius 3 is 2.06 bits per heavy atom. The molecule has 0 unspecified atom stereocenters. The quantitative estimate of drug-likeness (QED) is 0.338. The summed E-state index contributed by atoms with van der Waals surface area (Å²) in [4.78, 5) is 17.0. The van der Waals surface area contributed by atoms with Crippen LogP contribution in [-0.2, 0) is 21.2 Å². The van der Waals surface area contributed by atoms with Crippen LogP contribution >= 0.6 is 0 Å². The summed E-state index contributed by atoms with van der Waals surface area (Å²) in [6.45, 7) is 1.56. The molecule has 7 nitrogen and oxygen atoms in total. The molecule has 1 amide bonds. The largest absolute Gasteiger partial charge is 0.457 e. The molecule has 0 aliphatic rings. The third-order valence-electron chi connectivity index (χ3n) is 5.54. The fourth-order valence-corrected chi connectivity index (χ4v) is 4.96. The zero-order valence-electron chi connectivity index (χ0n) is 20.0. The Labute approximate surface area is 211 Å². The van der Waals surface area contributed by atoms with E-state index in [1.807, 2.05) is 66.7 Å². The van der Waals surface area contributed by atoms with Crippen molar-refractivity contribution in [3.8, 4) is 11.5 Å². The van der Waals surface area contributed by atoms with E-state index in [4.69, 9.17) is 4.74 Å². The van der Waals surface area contributed by atoms with Crippen molar-refractivity contribution >= 4 is 27.3 Å². The van der Waals surface area contributed by atoms with Crippen molar-refractivity contribution in [1.82, 2.24) is 4.98 Å². The van der Waals surface area contributed by atoms with Gasteiger partial charge in [0.1, 0.15) is 17.5 Å². The van der Waals surface area contributed by atoms with Crippen molar-refractivity contribution in [3.63, 3.8) is 0 Å². The number of sulfonamides is 1. The minimum Gasteiger partial charge on any atom is -0.457 e. The molecule has 1 atom stereocenters. The van der Waals surface area contributed by atoms with Crippen LogP contribution in [0.5, 0.6) is 11.5 Å². The summed E-state index contributed by atoms with van der Waals surface area (Å²) in [5, 5.41) is 2.82. The number of nitrogens with one attached hydrogen (secondary N) is 1. The van der Waals surface area contributed by atoms with Crippen LogP contribution in [0.3, 0.4) is 0 Å². The first-order valence-corrected chi connectivity index (χ1v) is 13.3. The maximum Gasteiger partial charge on any atom is 0.247 e. The van der Waals surface area contributed by atoms with E-state index in [-0.39, 0.29) is 0 Å². The Bertz CT molecular complexity index is 1390. The van der Waals surface area contributed by atoms with Crippen molar-refractivity contribution < 1.29 is 17.9 Å². The number of para-hydroxylation sites is 1. The van der Waals surface area contributed by atoms with Crippen molar-refractivity contribution in [2.75, 3.05) is 15.9 Å². The third-order valence-corrected chi connectivity index (χ3v) is 6.78. The summed E-state index contributed by atoms with van der Waals surface area (Å²) in [6, 6.07) is 26.3. The summed E-state index contributed by atoms with van der Waals surface area (Å²) in [5.41, 5.74) is 3.18. The standard InChI is InChI=1S/C28H27N3O4S/c1-21(28(32)30-24-10-8-22(9-11-24)20-23-16-18-29-19-17-23)31(36(2,33)34)25-12-14-27(15-13-25)35-26-6-4-3-5-7-26/h3-19,21H,20H2,1-2H3,(H,30,32)/t21-/m0/s1. The summed E-state index contributed by atoms with van der Waals surface area (Å²) in [6.07, 6.45) is 5.34. The number of pyridine rings is 1. The van der Waals surface area contributed by atoms with Gasteiger partial charge in [0, 0.05) is 18.1 Å². The van der Waals surface area contributed by atoms with Crippen LogP contribution in [0, 0.1) is 0 Å². The molecule has 184 valence electrons. The maximum absolute atomic E-state index is 13.0. The Kier molecular flexibility index (Phi) is 7.65. The zero-order chi connectivity index (χ0) is 25.5. The molecule has 0 aliphatic heterocycles. The lowest BCUT2D eigenvalue weighted by Gasteiger charge is -2.28. The van der Waals surface area contributed by atoms with E-state index in [0.717, 1.165) is 28.1 Å². The van der Waals surface area contributed by atoms with Crippen LogP contribution in [0.4, 0.5) is 11.4 Å². The van der Waals surface area contributed by atoms with E-state index in [1.165, 1.54) is 0 Å². The number of carbonyl (C=O) groups excluding carboxylic acids is 1. The highest BCUT2D eigenvalue weighted by Gasteiger charge is 2.29. The summed E-state index contributed by atoms with van der Waals surface area (Å²) in [5.74, 6) is 0.791. The topological polar surface area (TPSA) is 88.6 Å². The van der Waals surface area contributed by atoms with E-state index in [0.29, 0.717) is 22.9 Å². The molecule has 0 saturated carbocycles. The van der Waals surface area contributed by atoms with Gasteiger partial charge < -0.3 is 10.1 Å². The summed E-state index contributed by atoms with van der Waals surface area (Å²) in [7, 11) is -3.74. The molecular formula is C28H27N3O4S. The minimum absolute atomic E-state index is 0.369. The molecule has 1 heterocycles. The minimum atomic E-state index is -3.74. The number of rotatable bonds is 9. The van der Waals surface area contributed by atoms with E-state index in [2.05, 4.69) is 10.3 Å². The monoisotopic (exact) mass is 501 g/mol.